The van der Waals surface area contributed by atoms with Gasteiger partial charge in [0.05, 0.1) is 7.11 Å². The van der Waals surface area contributed by atoms with Gasteiger partial charge in [0, 0.05) is 23.4 Å². The highest BCUT2D eigenvalue weighted by Gasteiger charge is 2.65. The fraction of sp³-hybridized carbons (Fsp3) is 0.611. The Morgan fingerprint density at radius 2 is 2.27 bits per heavy atom. The minimum absolute atomic E-state index is 0.0933. The van der Waals surface area contributed by atoms with Gasteiger partial charge in [-0.3, -0.25) is 4.79 Å². The van der Waals surface area contributed by atoms with Gasteiger partial charge in [0.2, 0.25) is 0 Å². The van der Waals surface area contributed by atoms with Crippen LogP contribution in [0.1, 0.15) is 30.4 Å². The van der Waals surface area contributed by atoms with Crippen molar-refractivity contribution in [3.63, 3.8) is 0 Å². The summed E-state index contributed by atoms with van der Waals surface area (Å²) in [5.74, 6) is 2.46. The molecular weight excluding hydrogens is 278 g/mol. The third kappa shape index (κ3) is 1.27. The average Bonchev–Trinajstić information content (AvgIpc) is 2.88. The van der Waals surface area contributed by atoms with Crippen LogP contribution in [0.2, 0.25) is 0 Å². The number of methoxy groups -OCH3 is 1. The zero-order valence-corrected chi connectivity index (χ0v) is 13.1. The number of rotatable bonds is 1. The molecule has 4 aliphatic rings. The van der Waals surface area contributed by atoms with Gasteiger partial charge in [-0.2, -0.15) is 0 Å². The van der Waals surface area contributed by atoms with E-state index in [1.807, 2.05) is 6.07 Å². The van der Waals surface area contributed by atoms with Crippen molar-refractivity contribution >= 4 is 5.78 Å². The molecule has 1 spiro atoms. The molecule has 4 nitrogen and oxygen atoms in total. The summed E-state index contributed by atoms with van der Waals surface area (Å²) < 4.78 is 11.8. The van der Waals surface area contributed by atoms with Crippen molar-refractivity contribution in [2.24, 2.45) is 5.92 Å². The predicted octanol–water partition coefficient (Wildman–Crippen LogP) is 1.93. The summed E-state index contributed by atoms with van der Waals surface area (Å²) in [7, 11) is 3.91. The zero-order valence-electron chi connectivity index (χ0n) is 13.1. The van der Waals surface area contributed by atoms with Crippen LogP contribution < -0.4 is 9.47 Å². The van der Waals surface area contributed by atoms with Gasteiger partial charge in [0.1, 0.15) is 0 Å². The molecule has 2 fully saturated rings. The Bertz CT molecular complexity index is 685. The molecule has 116 valence electrons. The topological polar surface area (TPSA) is 38.8 Å². The van der Waals surface area contributed by atoms with Crippen LogP contribution >= 0.6 is 0 Å². The highest BCUT2D eigenvalue weighted by molar-refractivity contribution is 5.89. The lowest BCUT2D eigenvalue weighted by Crippen LogP contribution is -2.65. The molecule has 0 N–H and O–H groups in total. The Balaban J connectivity index is 1.81. The summed E-state index contributed by atoms with van der Waals surface area (Å²) in [6.07, 6.45) is 3.47. The van der Waals surface area contributed by atoms with Crippen molar-refractivity contribution < 1.29 is 14.3 Å². The van der Waals surface area contributed by atoms with Gasteiger partial charge in [0.25, 0.3) is 0 Å². The summed E-state index contributed by atoms with van der Waals surface area (Å²) in [6.45, 7) is 1.05. The number of nitrogens with zero attached hydrogens (tertiary/aromatic N) is 1. The van der Waals surface area contributed by atoms with Crippen LogP contribution in [-0.4, -0.2) is 43.5 Å². The Kier molecular flexibility index (Phi) is 2.38. The number of ether oxygens (including phenoxy) is 2. The molecule has 4 heteroatoms. The number of carbonyl (C=O) groups excluding carboxylic acids is 1. The molecule has 2 heterocycles. The standard InChI is InChI=1S/C18H21NO3/c1-19-8-7-18-11-4-5-13(20)17(18)22-16-14(21-2)6-3-10(15(16)18)9-12(11)19/h3,6,11-12,17H,4-5,7-9H2,1-2H3/t11-,12+,17+,18-/m0/s1. The molecule has 1 aromatic rings. The van der Waals surface area contributed by atoms with E-state index < -0.39 is 0 Å². The average molecular weight is 299 g/mol. The van der Waals surface area contributed by atoms with Crippen LogP contribution in [0.15, 0.2) is 12.1 Å². The number of likely N-dealkylation sites (tertiary alicyclic amines) is 1. The molecule has 4 atom stereocenters. The van der Waals surface area contributed by atoms with E-state index in [1.54, 1.807) is 7.11 Å². The first-order valence-electron chi connectivity index (χ1n) is 8.27. The summed E-state index contributed by atoms with van der Waals surface area (Å²) in [5.41, 5.74) is 2.57. The molecule has 2 aliphatic heterocycles. The van der Waals surface area contributed by atoms with Crippen molar-refractivity contribution in [1.82, 2.24) is 4.90 Å². The second-order valence-electron chi connectivity index (χ2n) is 7.28. The molecular formula is C18H21NO3. The number of ketones is 1. The van der Waals surface area contributed by atoms with Crippen molar-refractivity contribution in [3.8, 4) is 11.5 Å². The third-order valence-corrected chi connectivity index (χ3v) is 6.59. The van der Waals surface area contributed by atoms with Gasteiger partial charge in [-0.25, -0.2) is 0 Å². The second kappa shape index (κ2) is 4.05. The van der Waals surface area contributed by atoms with Crippen LogP contribution in [-0.2, 0) is 16.6 Å². The predicted molar refractivity (Wildman–Crippen MR) is 81.6 cm³/mol. The van der Waals surface area contributed by atoms with Gasteiger partial charge in [0.15, 0.2) is 23.4 Å². The fourth-order valence-corrected chi connectivity index (χ4v) is 5.67. The van der Waals surface area contributed by atoms with Crippen molar-refractivity contribution in [3.05, 3.63) is 23.3 Å². The van der Waals surface area contributed by atoms with E-state index >= 15 is 0 Å². The van der Waals surface area contributed by atoms with E-state index in [9.17, 15) is 4.79 Å². The Morgan fingerprint density at radius 1 is 1.41 bits per heavy atom. The number of Topliss-reactive ketones (excluding diaryl/α,β-unsaturated/α-hetero) is 1. The molecule has 0 unspecified atom stereocenters. The van der Waals surface area contributed by atoms with Crippen molar-refractivity contribution in [2.75, 3.05) is 20.7 Å². The molecule has 0 aromatic heterocycles. The van der Waals surface area contributed by atoms with Crippen LogP contribution in [0.3, 0.4) is 0 Å². The molecule has 1 aromatic carbocycles. The Morgan fingerprint density at radius 3 is 3.09 bits per heavy atom. The van der Waals surface area contributed by atoms with Gasteiger partial charge >= 0.3 is 0 Å². The first-order valence-corrected chi connectivity index (χ1v) is 8.27. The Labute approximate surface area is 130 Å². The maximum Gasteiger partial charge on any atom is 0.174 e. The van der Waals surface area contributed by atoms with Crippen LogP contribution in [0, 0.1) is 5.92 Å². The normalized spacial score (nSPS) is 38.5. The Hall–Kier alpha value is -1.55. The number of likely N-dealkylation sites (N-methyl/N-ethyl adjacent to an activating group) is 1. The van der Waals surface area contributed by atoms with E-state index in [4.69, 9.17) is 9.47 Å². The van der Waals surface area contributed by atoms with E-state index in [0.29, 0.717) is 18.4 Å². The summed E-state index contributed by atoms with van der Waals surface area (Å²) in [6, 6.07) is 4.73. The van der Waals surface area contributed by atoms with E-state index in [1.165, 1.54) is 11.1 Å². The first-order chi connectivity index (χ1) is 10.7. The summed E-state index contributed by atoms with van der Waals surface area (Å²) in [4.78, 5) is 15.1. The van der Waals surface area contributed by atoms with E-state index in [2.05, 4.69) is 18.0 Å². The van der Waals surface area contributed by atoms with Crippen LogP contribution in [0.5, 0.6) is 11.5 Å². The van der Waals surface area contributed by atoms with Gasteiger partial charge in [-0.05, 0) is 50.4 Å². The highest BCUT2D eigenvalue weighted by atomic mass is 16.5. The minimum Gasteiger partial charge on any atom is -0.493 e. The fourth-order valence-electron chi connectivity index (χ4n) is 5.67. The maximum atomic E-state index is 12.6. The second-order valence-corrected chi connectivity index (χ2v) is 7.28. The highest BCUT2D eigenvalue weighted by Crippen LogP contribution is 2.62. The number of benzene rings is 1. The molecule has 0 amide bonds. The molecule has 0 radical (unpaired) electrons. The smallest absolute Gasteiger partial charge is 0.174 e. The lowest BCUT2D eigenvalue weighted by Gasteiger charge is -2.57. The summed E-state index contributed by atoms with van der Waals surface area (Å²) >= 11 is 0. The van der Waals surface area contributed by atoms with Crippen molar-refractivity contribution in [2.45, 2.75) is 43.2 Å². The molecule has 2 bridgehead atoms. The van der Waals surface area contributed by atoms with Crippen LogP contribution in [0.4, 0.5) is 0 Å². The number of carbonyl (C=O) groups is 1. The van der Waals surface area contributed by atoms with Crippen molar-refractivity contribution in [1.29, 1.82) is 0 Å². The monoisotopic (exact) mass is 299 g/mol. The maximum absolute atomic E-state index is 12.6. The van der Waals surface area contributed by atoms with E-state index in [0.717, 1.165) is 37.3 Å². The summed E-state index contributed by atoms with van der Waals surface area (Å²) in [5, 5.41) is 0. The lowest BCUT2D eigenvalue weighted by molar-refractivity contribution is -0.138. The third-order valence-electron chi connectivity index (χ3n) is 6.59. The molecule has 5 rings (SSSR count). The van der Waals surface area contributed by atoms with E-state index in [-0.39, 0.29) is 17.3 Å². The SMILES string of the molecule is COc1ccc2c3c1O[C@@H]1C(=O)CC[C@H]4[C@@H](C2)N(C)CC[C@]314. The quantitative estimate of drug-likeness (QED) is 0.794. The first kappa shape index (κ1) is 12.9. The molecule has 1 saturated heterocycles. The minimum atomic E-state index is -0.284. The number of piperidine rings is 1. The van der Waals surface area contributed by atoms with Gasteiger partial charge in [-0.15, -0.1) is 0 Å². The lowest BCUT2D eigenvalue weighted by atomic mass is 9.52. The van der Waals surface area contributed by atoms with Crippen LogP contribution in [0.25, 0.3) is 0 Å². The largest absolute Gasteiger partial charge is 0.493 e. The molecule has 22 heavy (non-hydrogen) atoms. The number of hydrogen-bond donors (Lipinski definition) is 0. The zero-order chi connectivity index (χ0) is 15.1. The molecule has 2 aliphatic carbocycles. The number of hydrogen-bond acceptors (Lipinski definition) is 4. The molecule has 1 saturated carbocycles. The van der Waals surface area contributed by atoms with Gasteiger partial charge in [-0.1, -0.05) is 6.07 Å². The van der Waals surface area contributed by atoms with Gasteiger partial charge < -0.3 is 14.4 Å².